The van der Waals surface area contributed by atoms with E-state index in [0.29, 0.717) is 19.3 Å². The molecule has 2 aliphatic rings. The van der Waals surface area contributed by atoms with Gasteiger partial charge in [0.05, 0.1) is 36.5 Å². The molecule has 1 aromatic heterocycles. The van der Waals surface area contributed by atoms with E-state index >= 15 is 0 Å². The fourth-order valence-electron chi connectivity index (χ4n) is 3.42. The second-order valence-corrected chi connectivity index (χ2v) is 6.35. The van der Waals surface area contributed by atoms with Gasteiger partial charge in [-0.3, -0.25) is 0 Å². The number of aliphatic hydroxyl groups excluding tert-OH is 1. The highest BCUT2D eigenvalue weighted by atomic mass is 16.6. The number of imidazole rings is 1. The fraction of sp³-hybridized carbons (Fsp3) is 0.800. The summed E-state index contributed by atoms with van der Waals surface area (Å²) in [6.07, 6.45) is 5.83. The number of rotatable bonds is 3. The van der Waals surface area contributed by atoms with Crippen LogP contribution in [0.3, 0.4) is 0 Å². The first-order valence-electron chi connectivity index (χ1n) is 7.53. The van der Waals surface area contributed by atoms with Crippen LogP contribution in [0.15, 0.2) is 12.5 Å². The van der Waals surface area contributed by atoms with Crippen LogP contribution in [-0.2, 0) is 9.47 Å². The minimum atomic E-state index is -0.471. The van der Waals surface area contributed by atoms with Crippen molar-refractivity contribution in [2.24, 2.45) is 5.92 Å². The summed E-state index contributed by atoms with van der Waals surface area (Å²) in [5.41, 5.74) is 0.757. The smallest absolute Gasteiger partial charge is 0.0985 e. The summed E-state index contributed by atoms with van der Waals surface area (Å²) >= 11 is 0. The average Bonchev–Trinajstić information content (AvgIpc) is 3.07. The molecule has 2 aliphatic heterocycles. The van der Waals surface area contributed by atoms with Gasteiger partial charge in [0.25, 0.3) is 0 Å². The number of nitrogens with zero attached hydrogens (tertiary/aromatic N) is 2. The van der Waals surface area contributed by atoms with Gasteiger partial charge in [-0.2, -0.15) is 0 Å². The second kappa shape index (κ2) is 5.47. The summed E-state index contributed by atoms with van der Waals surface area (Å²) in [5, 5.41) is 10.8. The third kappa shape index (κ3) is 2.50. The van der Waals surface area contributed by atoms with Crippen LogP contribution < -0.4 is 0 Å². The number of hydrogen-bond donors (Lipinski definition) is 1. The molecule has 1 spiro atoms. The van der Waals surface area contributed by atoms with Crippen molar-refractivity contribution in [3.63, 3.8) is 0 Å². The van der Waals surface area contributed by atoms with E-state index in [1.54, 1.807) is 12.5 Å². The van der Waals surface area contributed by atoms with Crippen LogP contribution in [0.5, 0.6) is 0 Å². The monoisotopic (exact) mass is 280 g/mol. The Morgan fingerprint density at radius 3 is 3.00 bits per heavy atom. The van der Waals surface area contributed by atoms with E-state index in [2.05, 4.69) is 23.4 Å². The fourth-order valence-corrected chi connectivity index (χ4v) is 3.42. The molecule has 1 N–H and O–H groups in total. The van der Waals surface area contributed by atoms with Crippen LogP contribution in [0.2, 0.25) is 0 Å². The lowest BCUT2D eigenvalue weighted by molar-refractivity contribution is -0.118. The Balaban J connectivity index is 1.76. The van der Waals surface area contributed by atoms with Crippen molar-refractivity contribution in [3.05, 3.63) is 18.2 Å². The van der Waals surface area contributed by atoms with Crippen molar-refractivity contribution >= 4 is 0 Å². The Bertz CT molecular complexity index is 452. The first-order valence-corrected chi connectivity index (χ1v) is 7.53. The zero-order valence-corrected chi connectivity index (χ0v) is 12.3. The largest absolute Gasteiger partial charge is 0.387 e. The highest BCUT2D eigenvalue weighted by Crippen LogP contribution is 2.41. The zero-order chi connectivity index (χ0) is 14.2. The molecule has 20 heavy (non-hydrogen) atoms. The van der Waals surface area contributed by atoms with E-state index < -0.39 is 6.10 Å². The Morgan fingerprint density at radius 2 is 2.30 bits per heavy atom. The summed E-state index contributed by atoms with van der Waals surface area (Å²) in [7, 11) is 0. The van der Waals surface area contributed by atoms with Crippen molar-refractivity contribution in [2.75, 3.05) is 19.8 Å². The summed E-state index contributed by atoms with van der Waals surface area (Å²) in [6.45, 7) is 6.36. The first-order chi connectivity index (χ1) is 9.61. The Kier molecular flexibility index (Phi) is 3.84. The summed E-state index contributed by atoms with van der Waals surface area (Å²) in [5.74, 6) is 0.222. The first kappa shape index (κ1) is 14.0. The Hall–Kier alpha value is -0.910. The number of ether oxygens (including phenoxy) is 2. The Morgan fingerprint density at radius 1 is 1.45 bits per heavy atom. The van der Waals surface area contributed by atoms with E-state index in [4.69, 9.17) is 9.47 Å². The van der Waals surface area contributed by atoms with Gasteiger partial charge >= 0.3 is 0 Å². The average molecular weight is 280 g/mol. The molecule has 2 fully saturated rings. The van der Waals surface area contributed by atoms with Gasteiger partial charge in [0, 0.05) is 25.7 Å². The van der Waals surface area contributed by atoms with Crippen LogP contribution in [0.4, 0.5) is 0 Å². The van der Waals surface area contributed by atoms with Gasteiger partial charge in [-0.1, -0.05) is 0 Å². The highest BCUT2D eigenvalue weighted by Gasteiger charge is 2.43. The molecule has 0 bridgehead atoms. The van der Waals surface area contributed by atoms with Crippen molar-refractivity contribution in [1.82, 2.24) is 9.55 Å². The predicted octanol–water partition coefficient (Wildman–Crippen LogP) is 2.08. The zero-order valence-electron chi connectivity index (χ0n) is 12.3. The summed E-state index contributed by atoms with van der Waals surface area (Å²) in [4.78, 5) is 4.20. The minimum absolute atomic E-state index is 0.160. The van der Waals surface area contributed by atoms with E-state index in [1.807, 2.05) is 0 Å². The van der Waals surface area contributed by atoms with Crippen LogP contribution >= 0.6 is 0 Å². The van der Waals surface area contributed by atoms with Crippen LogP contribution in [-0.4, -0.2) is 40.1 Å². The molecule has 3 rings (SSSR count). The van der Waals surface area contributed by atoms with E-state index in [0.717, 1.165) is 31.6 Å². The van der Waals surface area contributed by atoms with Gasteiger partial charge < -0.3 is 19.1 Å². The predicted molar refractivity (Wildman–Crippen MR) is 74.4 cm³/mol. The standard InChI is InChI=1S/C15H24N2O3/c1-11(2)17-10-16-8-13(17)14(18)12-3-5-20-15(7-12)4-6-19-9-15/h8,10-12,14,18H,3-7,9H2,1-2H3. The van der Waals surface area contributed by atoms with Gasteiger partial charge in [-0.15, -0.1) is 0 Å². The minimum Gasteiger partial charge on any atom is -0.387 e. The molecule has 0 aromatic carbocycles. The van der Waals surface area contributed by atoms with E-state index in [1.165, 1.54) is 0 Å². The Labute approximate surface area is 119 Å². The van der Waals surface area contributed by atoms with Crippen molar-refractivity contribution in [1.29, 1.82) is 0 Å². The van der Waals surface area contributed by atoms with Crippen molar-refractivity contribution in [2.45, 2.75) is 50.9 Å². The molecule has 3 unspecified atom stereocenters. The maximum Gasteiger partial charge on any atom is 0.0985 e. The third-order valence-electron chi connectivity index (χ3n) is 4.60. The molecule has 112 valence electrons. The molecular weight excluding hydrogens is 256 g/mol. The molecule has 3 atom stereocenters. The van der Waals surface area contributed by atoms with Crippen molar-refractivity contribution in [3.8, 4) is 0 Å². The van der Waals surface area contributed by atoms with Gasteiger partial charge in [-0.05, 0) is 32.6 Å². The number of aliphatic hydroxyl groups is 1. The highest BCUT2D eigenvalue weighted by molar-refractivity contribution is 5.07. The number of hydrogen-bond acceptors (Lipinski definition) is 4. The molecule has 0 aliphatic carbocycles. The lowest BCUT2D eigenvalue weighted by Crippen LogP contribution is -2.42. The SMILES string of the molecule is CC(C)n1cncc1C(O)C1CCOC2(CCOC2)C1. The lowest BCUT2D eigenvalue weighted by atomic mass is 9.81. The van der Waals surface area contributed by atoms with Gasteiger partial charge in [-0.25, -0.2) is 4.98 Å². The molecule has 5 nitrogen and oxygen atoms in total. The number of aromatic nitrogens is 2. The molecular formula is C15H24N2O3. The van der Waals surface area contributed by atoms with Gasteiger partial charge in [0.2, 0.25) is 0 Å². The summed E-state index contributed by atoms with van der Waals surface area (Å²) in [6, 6.07) is 0.311. The molecule has 5 heteroatoms. The molecule has 0 amide bonds. The topological polar surface area (TPSA) is 56.5 Å². The molecule has 0 saturated carbocycles. The third-order valence-corrected chi connectivity index (χ3v) is 4.60. The quantitative estimate of drug-likeness (QED) is 0.921. The summed E-state index contributed by atoms with van der Waals surface area (Å²) < 4.78 is 13.5. The second-order valence-electron chi connectivity index (χ2n) is 6.35. The normalized spacial score (nSPS) is 32.1. The van der Waals surface area contributed by atoms with Crippen LogP contribution in [0, 0.1) is 5.92 Å². The maximum absolute atomic E-state index is 10.8. The molecule has 0 radical (unpaired) electrons. The van der Waals surface area contributed by atoms with Crippen molar-refractivity contribution < 1.29 is 14.6 Å². The lowest BCUT2D eigenvalue weighted by Gasteiger charge is -2.39. The molecule has 2 saturated heterocycles. The van der Waals surface area contributed by atoms with E-state index in [9.17, 15) is 5.11 Å². The molecule has 1 aromatic rings. The van der Waals surface area contributed by atoms with Crippen LogP contribution in [0.1, 0.15) is 50.9 Å². The van der Waals surface area contributed by atoms with Crippen LogP contribution in [0.25, 0.3) is 0 Å². The van der Waals surface area contributed by atoms with E-state index in [-0.39, 0.29) is 11.5 Å². The van der Waals surface area contributed by atoms with Gasteiger partial charge in [0.1, 0.15) is 0 Å². The maximum atomic E-state index is 10.8. The molecule has 3 heterocycles. The van der Waals surface area contributed by atoms with Gasteiger partial charge in [0.15, 0.2) is 0 Å².